The first-order chi connectivity index (χ1) is 11.6. The molecular formula is C16H22BrN3O4. The van der Waals surface area contributed by atoms with E-state index >= 15 is 0 Å². The molecule has 1 aliphatic rings. The monoisotopic (exact) mass is 399 g/mol. The second-order valence-corrected chi connectivity index (χ2v) is 6.54. The van der Waals surface area contributed by atoms with Gasteiger partial charge in [-0.25, -0.2) is 0 Å². The molecule has 0 aliphatic heterocycles. The molecule has 1 aromatic heterocycles. The predicted octanol–water partition coefficient (Wildman–Crippen LogP) is 1.58. The second kappa shape index (κ2) is 9.46. The lowest BCUT2D eigenvalue weighted by Crippen LogP contribution is -2.41. The fraction of sp³-hybridized carbons (Fsp3) is 0.562. The standard InChI is InChI=1S/C16H22BrN3O4/c17-13-7-6-12(24-13)16(23)20-10-14(21)18-8-9-19-15(22)11-4-2-1-3-5-11/h6-7,11H,1-5,8-10H2,(H,18,21)(H,19,22)(H,20,23). The first-order valence-corrected chi connectivity index (χ1v) is 8.93. The molecule has 1 aliphatic carbocycles. The summed E-state index contributed by atoms with van der Waals surface area (Å²) < 4.78 is 5.54. The van der Waals surface area contributed by atoms with E-state index in [0.29, 0.717) is 17.8 Å². The van der Waals surface area contributed by atoms with E-state index < -0.39 is 5.91 Å². The summed E-state index contributed by atoms with van der Waals surface area (Å²) in [5.41, 5.74) is 0. The molecule has 24 heavy (non-hydrogen) atoms. The summed E-state index contributed by atoms with van der Waals surface area (Å²) in [6, 6.07) is 3.11. The molecule has 7 nitrogen and oxygen atoms in total. The first kappa shape index (κ1) is 18.5. The quantitative estimate of drug-likeness (QED) is 0.605. The number of nitrogens with one attached hydrogen (secondary N) is 3. The Bertz CT molecular complexity index is 582. The average molecular weight is 400 g/mol. The van der Waals surface area contributed by atoms with Gasteiger partial charge in [0.15, 0.2) is 10.4 Å². The normalized spacial score (nSPS) is 14.9. The third-order valence-corrected chi connectivity index (χ3v) is 4.36. The highest BCUT2D eigenvalue weighted by atomic mass is 79.9. The first-order valence-electron chi connectivity index (χ1n) is 8.14. The number of halogens is 1. The van der Waals surface area contributed by atoms with Crippen LogP contribution in [0.2, 0.25) is 0 Å². The number of hydrogen-bond acceptors (Lipinski definition) is 4. The maximum Gasteiger partial charge on any atom is 0.287 e. The zero-order valence-corrected chi connectivity index (χ0v) is 15.0. The zero-order chi connectivity index (χ0) is 17.4. The number of carbonyl (C=O) groups is 3. The van der Waals surface area contributed by atoms with Gasteiger partial charge in [-0.3, -0.25) is 14.4 Å². The van der Waals surface area contributed by atoms with Gasteiger partial charge in [0.25, 0.3) is 5.91 Å². The molecule has 1 fully saturated rings. The van der Waals surface area contributed by atoms with Gasteiger partial charge in [-0.05, 0) is 40.9 Å². The Morgan fingerprint density at radius 2 is 1.75 bits per heavy atom. The van der Waals surface area contributed by atoms with Crippen molar-refractivity contribution in [2.24, 2.45) is 5.92 Å². The van der Waals surface area contributed by atoms with Crippen LogP contribution in [0.25, 0.3) is 0 Å². The van der Waals surface area contributed by atoms with Crippen molar-refractivity contribution >= 4 is 33.7 Å². The van der Waals surface area contributed by atoms with Crippen LogP contribution in [-0.4, -0.2) is 37.4 Å². The van der Waals surface area contributed by atoms with Crippen LogP contribution in [-0.2, 0) is 9.59 Å². The van der Waals surface area contributed by atoms with Crippen molar-refractivity contribution in [1.82, 2.24) is 16.0 Å². The van der Waals surface area contributed by atoms with Crippen molar-refractivity contribution in [2.45, 2.75) is 32.1 Å². The smallest absolute Gasteiger partial charge is 0.287 e. The molecule has 0 radical (unpaired) electrons. The molecule has 8 heteroatoms. The van der Waals surface area contributed by atoms with Gasteiger partial charge in [0.1, 0.15) is 0 Å². The Hall–Kier alpha value is -1.83. The lowest BCUT2D eigenvalue weighted by molar-refractivity contribution is -0.126. The fourth-order valence-electron chi connectivity index (χ4n) is 2.64. The van der Waals surface area contributed by atoms with E-state index in [1.165, 1.54) is 12.5 Å². The summed E-state index contributed by atoms with van der Waals surface area (Å²) in [6.45, 7) is 0.577. The summed E-state index contributed by atoms with van der Waals surface area (Å²) in [4.78, 5) is 35.3. The van der Waals surface area contributed by atoms with Gasteiger partial charge in [-0.1, -0.05) is 19.3 Å². The van der Waals surface area contributed by atoms with E-state index in [9.17, 15) is 14.4 Å². The van der Waals surface area contributed by atoms with Gasteiger partial charge in [0, 0.05) is 19.0 Å². The lowest BCUT2D eigenvalue weighted by atomic mass is 9.89. The molecule has 1 aromatic rings. The molecule has 1 heterocycles. The summed E-state index contributed by atoms with van der Waals surface area (Å²) >= 11 is 3.10. The van der Waals surface area contributed by atoms with Gasteiger partial charge in [0.2, 0.25) is 11.8 Å². The van der Waals surface area contributed by atoms with Gasteiger partial charge >= 0.3 is 0 Å². The fourth-order valence-corrected chi connectivity index (χ4v) is 2.95. The second-order valence-electron chi connectivity index (χ2n) is 5.76. The van der Waals surface area contributed by atoms with Crippen LogP contribution in [0, 0.1) is 5.92 Å². The maximum absolute atomic E-state index is 11.9. The van der Waals surface area contributed by atoms with Crippen molar-refractivity contribution in [3.05, 3.63) is 22.6 Å². The molecule has 3 amide bonds. The molecule has 0 bridgehead atoms. The molecular weight excluding hydrogens is 378 g/mol. The van der Waals surface area contributed by atoms with E-state index in [2.05, 4.69) is 31.9 Å². The van der Waals surface area contributed by atoms with E-state index in [0.717, 1.165) is 25.7 Å². The molecule has 0 saturated heterocycles. The zero-order valence-electron chi connectivity index (χ0n) is 13.4. The van der Waals surface area contributed by atoms with Crippen LogP contribution in [0.4, 0.5) is 0 Å². The number of rotatable bonds is 7. The van der Waals surface area contributed by atoms with Crippen molar-refractivity contribution in [3.63, 3.8) is 0 Å². The van der Waals surface area contributed by atoms with E-state index in [4.69, 9.17) is 4.42 Å². The minimum atomic E-state index is -0.457. The highest BCUT2D eigenvalue weighted by Crippen LogP contribution is 2.23. The van der Waals surface area contributed by atoms with Crippen LogP contribution in [0.5, 0.6) is 0 Å². The minimum absolute atomic E-state index is 0.0700. The van der Waals surface area contributed by atoms with Crippen LogP contribution in [0.3, 0.4) is 0 Å². The Labute approximate surface area is 149 Å². The molecule has 0 atom stereocenters. The van der Waals surface area contributed by atoms with Crippen LogP contribution in [0.15, 0.2) is 21.2 Å². The summed E-state index contributed by atoms with van der Waals surface area (Å²) in [5, 5.41) is 7.95. The van der Waals surface area contributed by atoms with Crippen molar-refractivity contribution in [2.75, 3.05) is 19.6 Å². The molecule has 0 aromatic carbocycles. The topological polar surface area (TPSA) is 100 Å². The average Bonchev–Trinajstić information content (AvgIpc) is 3.03. The van der Waals surface area contributed by atoms with E-state index in [1.54, 1.807) is 6.07 Å². The van der Waals surface area contributed by atoms with Gasteiger partial charge < -0.3 is 20.4 Å². The van der Waals surface area contributed by atoms with Gasteiger partial charge in [-0.2, -0.15) is 0 Å². The number of amides is 3. The van der Waals surface area contributed by atoms with Gasteiger partial charge in [-0.15, -0.1) is 0 Å². The summed E-state index contributed by atoms with van der Waals surface area (Å²) in [6.07, 6.45) is 5.34. The van der Waals surface area contributed by atoms with E-state index in [-0.39, 0.29) is 30.0 Å². The van der Waals surface area contributed by atoms with Crippen LogP contribution < -0.4 is 16.0 Å². The summed E-state index contributed by atoms with van der Waals surface area (Å²) in [5.74, 6) is -0.459. The number of furan rings is 1. The molecule has 1 saturated carbocycles. The third-order valence-electron chi connectivity index (χ3n) is 3.93. The number of hydrogen-bond donors (Lipinski definition) is 3. The molecule has 132 valence electrons. The van der Waals surface area contributed by atoms with E-state index in [1.807, 2.05) is 0 Å². The lowest BCUT2D eigenvalue weighted by Gasteiger charge is -2.20. The Kier molecular flexibility index (Phi) is 7.30. The van der Waals surface area contributed by atoms with Crippen molar-refractivity contribution < 1.29 is 18.8 Å². The predicted molar refractivity (Wildman–Crippen MR) is 91.3 cm³/mol. The van der Waals surface area contributed by atoms with Gasteiger partial charge in [0.05, 0.1) is 6.54 Å². The van der Waals surface area contributed by atoms with Crippen LogP contribution in [0.1, 0.15) is 42.7 Å². The SMILES string of the molecule is O=C(CNC(=O)c1ccc(Br)o1)NCCNC(=O)C1CCCCC1. The van der Waals surface area contributed by atoms with Crippen molar-refractivity contribution in [3.8, 4) is 0 Å². The Morgan fingerprint density at radius 1 is 1.04 bits per heavy atom. The maximum atomic E-state index is 11.9. The Balaban J connectivity index is 1.56. The minimum Gasteiger partial charge on any atom is -0.444 e. The Morgan fingerprint density at radius 3 is 2.42 bits per heavy atom. The molecule has 0 unspecified atom stereocenters. The molecule has 3 N–H and O–H groups in total. The number of carbonyl (C=O) groups excluding carboxylic acids is 3. The molecule has 0 spiro atoms. The highest BCUT2D eigenvalue weighted by Gasteiger charge is 2.20. The molecule has 2 rings (SSSR count). The summed E-state index contributed by atoms with van der Waals surface area (Å²) in [7, 11) is 0. The highest BCUT2D eigenvalue weighted by molar-refractivity contribution is 9.10. The van der Waals surface area contributed by atoms with Crippen LogP contribution >= 0.6 is 15.9 Å². The largest absolute Gasteiger partial charge is 0.444 e. The third kappa shape index (κ3) is 5.99. The van der Waals surface area contributed by atoms with Crippen molar-refractivity contribution in [1.29, 1.82) is 0 Å².